The lowest BCUT2D eigenvalue weighted by Gasteiger charge is -2.22. The highest BCUT2D eigenvalue weighted by Crippen LogP contribution is 2.39. The Balaban J connectivity index is 2.36. The SMILES string of the molecule is CNC(=O)OCC(C)(C)SSc1ccccn1. The van der Waals surface area contributed by atoms with E-state index in [0.717, 1.165) is 5.03 Å². The van der Waals surface area contributed by atoms with E-state index in [1.165, 1.54) is 0 Å². The van der Waals surface area contributed by atoms with Gasteiger partial charge in [-0.25, -0.2) is 9.78 Å². The van der Waals surface area contributed by atoms with Crippen LogP contribution >= 0.6 is 21.6 Å². The van der Waals surface area contributed by atoms with Gasteiger partial charge in [-0.1, -0.05) is 16.9 Å². The summed E-state index contributed by atoms with van der Waals surface area (Å²) in [6, 6.07) is 5.78. The summed E-state index contributed by atoms with van der Waals surface area (Å²) in [7, 11) is 4.76. The van der Waals surface area contributed by atoms with Crippen LogP contribution in [-0.4, -0.2) is 29.5 Å². The lowest BCUT2D eigenvalue weighted by molar-refractivity contribution is 0.141. The second kappa shape index (κ2) is 6.76. The maximum Gasteiger partial charge on any atom is 0.406 e. The highest BCUT2D eigenvalue weighted by atomic mass is 33.1. The van der Waals surface area contributed by atoms with Gasteiger partial charge in [-0.15, -0.1) is 0 Å². The van der Waals surface area contributed by atoms with Crippen molar-refractivity contribution in [2.45, 2.75) is 23.6 Å². The van der Waals surface area contributed by atoms with Crippen LogP contribution in [0.1, 0.15) is 13.8 Å². The third kappa shape index (κ3) is 5.83. The smallest absolute Gasteiger partial charge is 0.406 e. The Kier molecular flexibility index (Phi) is 5.64. The average molecular weight is 272 g/mol. The molecule has 0 fully saturated rings. The van der Waals surface area contributed by atoms with Gasteiger partial charge in [0.25, 0.3) is 0 Å². The van der Waals surface area contributed by atoms with Crippen LogP contribution in [0, 0.1) is 0 Å². The van der Waals surface area contributed by atoms with Crippen molar-refractivity contribution < 1.29 is 9.53 Å². The third-order valence-corrected chi connectivity index (χ3v) is 4.93. The molecule has 1 heterocycles. The Morgan fingerprint density at radius 2 is 2.29 bits per heavy atom. The third-order valence-electron chi connectivity index (χ3n) is 1.75. The summed E-state index contributed by atoms with van der Waals surface area (Å²) in [6.07, 6.45) is 1.36. The summed E-state index contributed by atoms with van der Waals surface area (Å²) in [6.45, 7) is 4.41. The minimum absolute atomic E-state index is 0.158. The minimum Gasteiger partial charge on any atom is -0.448 e. The summed E-state index contributed by atoms with van der Waals surface area (Å²) < 4.78 is 4.88. The molecule has 0 unspecified atom stereocenters. The number of ether oxygens (including phenoxy) is 1. The van der Waals surface area contributed by atoms with E-state index in [1.54, 1.807) is 34.8 Å². The van der Waals surface area contributed by atoms with Crippen molar-refractivity contribution in [3.05, 3.63) is 24.4 Å². The summed E-state index contributed by atoms with van der Waals surface area (Å²) >= 11 is 0. The van der Waals surface area contributed by atoms with Crippen LogP contribution in [0.25, 0.3) is 0 Å². The first-order chi connectivity index (χ1) is 8.03. The van der Waals surface area contributed by atoms with Gasteiger partial charge >= 0.3 is 6.09 Å². The molecular formula is C11H16N2O2S2. The minimum atomic E-state index is -0.401. The molecule has 0 saturated carbocycles. The standard InChI is InChI=1S/C11H16N2O2S2/c1-11(2,8-15-10(14)12-3)17-16-9-6-4-5-7-13-9/h4-7H,8H2,1-3H3,(H,12,14). The van der Waals surface area contributed by atoms with E-state index in [4.69, 9.17) is 4.74 Å². The molecule has 0 aliphatic carbocycles. The molecule has 0 atom stereocenters. The Labute approximate surface area is 109 Å². The van der Waals surface area contributed by atoms with Crippen LogP contribution in [0.4, 0.5) is 4.79 Å². The van der Waals surface area contributed by atoms with Gasteiger partial charge < -0.3 is 10.1 Å². The zero-order valence-electron chi connectivity index (χ0n) is 10.1. The molecule has 0 aliphatic rings. The molecule has 17 heavy (non-hydrogen) atoms. The Hall–Kier alpha value is -0.880. The first-order valence-electron chi connectivity index (χ1n) is 5.15. The lowest BCUT2D eigenvalue weighted by atomic mass is 10.2. The van der Waals surface area contributed by atoms with E-state index in [0.29, 0.717) is 6.61 Å². The number of nitrogens with one attached hydrogen (secondary N) is 1. The number of aromatic nitrogens is 1. The monoisotopic (exact) mass is 272 g/mol. The highest BCUT2D eigenvalue weighted by Gasteiger charge is 2.21. The normalized spacial score (nSPS) is 11.0. The van der Waals surface area contributed by atoms with Gasteiger partial charge in [-0.2, -0.15) is 0 Å². The molecular weight excluding hydrogens is 256 g/mol. The van der Waals surface area contributed by atoms with Crippen LogP contribution in [0.5, 0.6) is 0 Å². The van der Waals surface area contributed by atoms with E-state index in [-0.39, 0.29) is 4.75 Å². The summed E-state index contributed by atoms with van der Waals surface area (Å²) in [5.41, 5.74) is 0. The van der Waals surface area contributed by atoms with Gasteiger partial charge in [-0.05, 0) is 36.8 Å². The molecule has 1 rings (SSSR count). The fourth-order valence-electron chi connectivity index (χ4n) is 0.887. The van der Waals surface area contributed by atoms with E-state index < -0.39 is 6.09 Å². The first-order valence-corrected chi connectivity index (χ1v) is 7.30. The van der Waals surface area contributed by atoms with Crippen molar-refractivity contribution in [3.63, 3.8) is 0 Å². The number of hydrogen-bond donors (Lipinski definition) is 1. The summed E-state index contributed by atoms with van der Waals surface area (Å²) in [4.78, 5) is 15.2. The van der Waals surface area contributed by atoms with E-state index in [2.05, 4.69) is 10.3 Å². The predicted octanol–water partition coefficient (Wildman–Crippen LogP) is 2.96. The number of alkyl carbamates (subject to hydrolysis) is 1. The van der Waals surface area contributed by atoms with E-state index in [1.807, 2.05) is 32.0 Å². The predicted molar refractivity (Wildman–Crippen MR) is 72.2 cm³/mol. The van der Waals surface area contributed by atoms with E-state index >= 15 is 0 Å². The molecule has 1 amide bonds. The van der Waals surface area contributed by atoms with Crippen LogP contribution in [0.15, 0.2) is 29.4 Å². The fourth-order valence-corrected chi connectivity index (χ4v) is 2.92. The number of rotatable bonds is 5. The molecule has 0 aromatic carbocycles. The number of carbonyl (C=O) groups is 1. The highest BCUT2D eigenvalue weighted by molar-refractivity contribution is 8.77. The number of nitrogens with zero attached hydrogens (tertiary/aromatic N) is 1. The lowest BCUT2D eigenvalue weighted by Crippen LogP contribution is -2.28. The quantitative estimate of drug-likeness (QED) is 0.835. The van der Waals surface area contributed by atoms with Crippen molar-refractivity contribution in [1.82, 2.24) is 10.3 Å². The molecule has 0 aliphatic heterocycles. The number of amides is 1. The largest absolute Gasteiger partial charge is 0.448 e. The number of carbonyl (C=O) groups excluding carboxylic acids is 1. The number of hydrogen-bond acceptors (Lipinski definition) is 5. The van der Waals surface area contributed by atoms with Crippen molar-refractivity contribution in [3.8, 4) is 0 Å². The topological polar surface area (TPSA) is 51.2 Å². The molecule has 6 heteroatoms. The zero-order valence-corrected chi connectivity index (χ0v) is 11.7. The van der Waals surface area contributed by atoms with Gasteiger partial charge in [0.1, 0.15) is 11.6 Å². The van der Waals surface area contributed by atoms with Gasteiger partial charge in [0.15, 0.2) is 0 Å². The van der Waals surface area contributed by atoms with Crippen LogP contribution in [-0.2, 0) is 4.74 Å². The van der Waals surface area contributed by atoms with Crippen LogP contribution in [0.2, 0.25) is 0 Å². The molecule has 94 valence electrons. The Morgan fingerprint density at radius 1 is 1.53 bits per heavy atom. The molecule has 0 bridgehead atoms. The Bertz CT molecular complexity index is 358. The maximum absolute atomic E-state index is 11.0. The second-order valence-electron chi connectivity index (χ2n) is 3.92. The fraction of sp³-hybridized carbons (Fsp3) is 0.455. The molecule has 1 N–H and O–H groups in total. The van der Waals surface area contributed by atoms with Crippen LogP contribution in [0.3, 0.4) is 0 Å². The van der Waals surface area contributed by atoms with Gasteiger partial charge in [0.05, 0.1) is 4.75 Å². The van der Waals surface area contributed by atoms with Crippen molar-refractivity contribution in [2.24, 2.45) is 0 Å². The first kappa shape index (κ1) is 14.2. The Morgan fingerprint density at radius 3 is 2.88 bits per heavy atom. The molecule has 1 aromatic heterocycles. The molecule has 0 spiro atoms. The second-order valence-corrected chi connectivity index (χ2v) is 6.78. The summed E-state index contributed by atoms with van der Waals surface area (Å²) in [5.74, 6) is 0. The average Bonchev–Trinajstić information content (AvgIpc) is 2.35. The van der Waals surface area contributed by atoms with Gasteiger partial charge in [-0.3, -0.25) is 0 Å². The van der Waals surface area contributed by atoms with Crippen molar-refractivity contribution in [1.29, 1.82) is 0 Å². The molecule has 1 aromatic rings. The van der Waals surface area contributed by atoms with Gasteiger partial charge in [0, 0.05) is 13.2 Å². The maximum atomic E-state index is 11.0. The van der Waals surface area contributed by atoms with Crippen molar-refractivity contribution >= 4 is 27.7 Å². The molecule has 0 saturated heterocycles. The van der Waals surface area contributed by atoms with Gasteiger partial charge in [0.2, 0.25) is 0 Å². The zero-order chi connectivity index (χ0) is 12.7. The molecule has 0 radical (unpaired) electrons. The van der Waals surface area contributed by atoms with Crippen LogP contribution < -0.4 is 5.32 Å². The number of pyridine rings is 1. The molecule has 4 nitrogen and oxygen atoms in total. The van der Waals surface area contributed by atoms with Crippen molar-refractivity contribution in [2.75, 3.05) is 13.7 Å². The summed E-state index contributed by atoms with van der Waals surface area (Å²) in [5, 5.41) is 3.37. The van der Waals surface area contributed by atoms with E-state index in [9.17, 15) is 4.79 Å².